The molecule has 2 aliphatic heterocycles. The normalized spacial score (nSPS) is 22.4. The van der Waals surface area contributed by atoms with Crippen LogP contribution in [0.3, 0.4) is 0 Å². The summed E-state index contributed by atoms with van der Waals surface area (Å²) in [4.78, 5) is 16.9. The van der Waals surface area contributed by atoms with Crippen molar-refractivity contribution in [3.63, 3.8) is 0 Å². The zero-order valence-electron chi connectivity index (χ0n) is 13.8. The Morgan fingerprint density at radius 3 is 3.04 bits per heavy atom. The van der Waals surface area contributed by atoms with Gasteiger partial charge in [-0.1, -0.05) is 0 Å². The molecule has 0 bridgehead atoms. The number of rotatable bonds is 4. The fourth-order valence-corrected chi connectivity index (χ4v) is 3.67. The number of amidine groups is 1. The lowest BCUT2D eigenvalue weighted by Crippen LogP contribution is -2.45. The predicted octanol–water partition coefficient (Wildman–Crippen LogP) is 3.19. The van der Waals surface area contributed by atoms with Crippen LogP contribution in [0.5, 0.6) is 5.75 Å². The molecule has 0 radical (unpaired) electrons. The third kappa shape index (κ3) is 4.04. The summed E-state index contributed by atoms with van der Waals surface area (Å²) in [7, 11) is 0. The minimum Gasteiger partial charge on any atom is -0.493 e. The summed E-state index contributed by atoms with van der Waals surface area (Å²) in [6, 6.07) is 4.41. The van der Waals surface area contributed by atoms with Crippen molar-refractivity contribution in [3.8, 4) is 5.75 Å². The molecule has 3 aliphatic rings. The maximum atomic E-state index is 13.7. The minimum atomic E-state index is -0.347. The molecule has 0 atom stereocenters. The highest BCUT2D eigenvalue weighted by Crippen LogP contribution is 2.34. The maximum Gasteiger partial charge on any atom is 0.286 e. The van der Waals surface area contributed by atoms with E-state index in [4.69, 9.17) is 4.74 Å². The molecule has 0 aromatic heterocycles. The van der Waals surface area contributed by atoms with Gasteiger partial charge in [-0.15, -0.1) is 0 Å². The van der Waals surface area contributed by atoms with E-state index < -0.39 is 0 Å². The van der Waals surface area contributed by atoms with Crippen LogP contribution in [0.4, 0.5) is 4.39 Å². The molecule has 1 aromatic carbocycles. The Hall–Kier alpha value is -1.86. The van der Waals surface area contributed by atoms with Gasteiger partial charge in [0.1, 0.15) is 11.6 Å². The zero-order valence-corrected chi connectivity index (χ0v) is 14.7. The van der Waals surface area contributed by atoms with E-state index in [1.165, 1.54) is 36.7 Å². The Morgan fingerprint density at radius 2 is 2.28 bits per heavy atom. The number of benzene rings is 1. The molecule has 1 amide bonds. The lowest BCUT2D eigenvalue weighted by atomic mass is 10.1. The van der Waals surface area contributed by atoms with Crippen molar-refractivity contribution in [3.05, 3.63) is 34.5 Å². The maximum absolute atomic E-state index is 13.7. The fraction of sp³-hybridized carbons (Fsp3) is 0.444. The second-order valence-corrected chi connectivity index (χ2v) is 7.52. The van der Waals surface area contributed by atoms with Gasteiger partial charge >= 0.3 is 0 Å². The third-order valence-electron chi connectivity index (χ3n) is 4.38. The monoisotopic (exact) mass is 361 g/mol. The van der Waals surface area contributed by atoms with Crippen LogP contribution in [0.1, 0.15) is 31.2 Å². The number of carbonyl (C=O) groups excluding carboxylic acids is 1. The van der Waals surface area contributed by atoms with E-state index in [9.17, 15) is 9.18 Å². The molecule has 7 heteroatoms. The number of hydrazine groups is 1. The summed E-state index contributed by atoms with van der Waals surface area (Å²) in [5.74, 6) is 0.580. The van der Waals surface area contributed by atoms with E-state index in [1.807, 2.05) is 5.01 Å². The van der Waals surface area contributed by atoms with E-state index in [0.29, 0.717) is 33.9 Å². The zero-order chi connectivity index (χ0) is 17.2. The van der Waals surface area contributed by atoms with Gasteiger partial charge in [-0.25, -0.2) is 9.82 Å². The van der Waals surface area contributed by atoms with Gasteiger partial charge in [-0.05, 0) is 67.6 Å². The van der Waals surface area contributed by atoms with E-state index in [1.54, 1.807) is 12.1 Å². The number of amides is 1. The first-order chi connectivity index (χ1) is 12.2. The van der Waals surface area contributed by atoms with Crippen LogP contribution in [0.15, 0.2) is 28.1 Å². The highest BCUT2D eigenvalue weighted by molar-refractivity contribution is 8.18. The van der Waals surface area contributed by atoms with E-state index in [2.05, 4.69) is 10.4 Å². The molecule has 1 N–H and O–H groups in total. The van der Waals surface area contributed by atoms with Gasteiger partial charge in [-0.2, -0.15) is 4.99 Å². The van der Waals surface area contributed by atoms with Crippen molar-refractivity contribution in [2.45, 2.75) is 25.7 Å². The van der Waals surface area contributed by atoms with Crippen molar-refractivity contribution in [2.24, 2.45) is 10.9 Å². The molecule has 1 saturated carbocycles. The van der Waals surface area contributed by atoms with Crippen LogP contribution in [0, 0.1) is 11.7 Å². The number of aliphatic imine (C=N–C) groups is 1. The summed E-state index contributed by atoms with van der Waals surface area (Å²) >= 11 is 1.32. The molecule has 2 fully saturated rings. The molecule has 2 heterocycles. The van der Waals surface area contributed by atoms with Gasteiger partial charge in [0.05, 0.1) is 11.5 Å². The molecule has 0 unspecified atom stereocenters. The summed E-state index contributed by atoms with van der Waals surface area (Å²) in [6.45, 7) is 2.36. The topological polar surface area (TPSA) is 53.9 Å². The molecular weight excluding hydrogens is 341 g/mol. The summed E-state index contributed by atoms with van der Waals surface area (Å²) in [5, 5.41) is 2.58. The van der Waals surface area contributed by atoms with E-state index in [0.717, 1.165) is 25.9 Å². The average Bonchev–Trinajstić information content (AvgIpc) is 3.38. The largest absolute Gasteiger partial charge is 0.493 e. The highest BCUT2D eigenvalue weighted by Gasteiger charge is 2.27. The van der Waals surface area contributed by atoms with Gasteiger partial charge in [0, 0.05) is 18.7 Å². The third-order valence-corrected chi connectivity index (χ3v) is 5.39. The lowest BCUT2D eigenvalue weighted by molar-refractivity contribution is -0.113. The highest BCUT2D eigenvalue weighted by atomic mass is 32.2. The van der Waals surface area contributed by atoms with Gasteiger partial charge in [0.2, 0.25) is 0 Å². The predicted molar refractivity (Wildman–Crippen MR) is 96.6 cm³/mol. The number of hydrogen-bond donors (Lipinski definition) is 1. The van der Waals surface area contributed by atoms with Crippen molar-refractivity contribution in [1.82, 2.24) is 10.4 Å². The number of nitrogens with zero attached hydrogens (tertiary/aromatic N) is 2. The number of ether oxygens (including phenoxy) is 1. The molecule has 1 aromatic rings. The van der Waals surface area contributed by atoms with E-state index in [-0.39, 0.29) is 11.7 Å². The Morgan fingerprint density at radius 1 is 1.40 bits per heavy atom. The number of hydrogen-bond acceptors (Lipinski definition) is 5. The number of halogens is 1. The van der Waals surface area contributed by atoms with E-state index >= 15 is 0 Å². The SMILES string of the molecule is O=C1N=C(N2CCCCN2)S/C1=C\c1cc(F)ccc1OCC1CC1. The number of thioether (sulfide) groups is 1. The molecule has 132 valence electrons. The van der Waals surface area contributed by atoms with Crippen molar-refractivity contribution in [2.75, 3.05) is 19.7 Å². The Kier molecular flexibility index (Phi) is 4.76. The summed E-state index contributed by atoms with van der Waals surface area (Å²) in [5.41, 5.74) is 3.83. The molecular formula is C18H20FN3O2S. The Bertz CT molecular complexity index is 740. The Balaban J connectivity index is 1.52. The van der Waals surface area contributed by atoms with Crippen LogP contribution in [-0.2, 0) is 4.79 Å². The first-order valence-corrected chi connectivity index (χ1v) is 9.46. The lowest BCUT2D eigenvalue weighted by Gasteiger charge is -2.28. The first kappa shape index (κ1) is 16.6. The van der Waals surface area contributed by atoms with Crippen molar-refractivity contribution >= 4 is 28.9 Å². The molecule has 1 saturated heterocycles. The summed E-state index contributed by atoms with van der Waals surface area (Å²) in [6.07, 6.45) is 6.25. The number of carbonyl (C=O) groups is 1. The standard InChI is InChI=1S/C18H20FN3O2S/c19-14-5-6-15(24-11-12-3-4-12)13(9-14)10-16-17(23)21-18(25-16)22-8-2-1-7-20-22/h5-6,9-10,12,20H,1-4,7-8,11H2/b16-10-. The second-order valence-electron chi connectivity index (χ2n) is 6.51. The Labute approximate surface area is 150 Å². The van der Waals surface area contributed by atoms with Gasteiger partial charge in [0.25, 0.3) is 5.91 Å². The molecule has 1 aliphatic carbocycles. The fourth-order valence-electron chi connectivity index (χ4n) is 2.76. The van der Waals surface area contributed by atoms with Crippen LogP contribution < -0.4 is 10.2 Å². The molecule has 4 rings (SSSR count). The van der Waals surface area contributed by atoms with Crippen LogP contribution in [-0.4, -0.2) is 35.8 Å². The van der Waals surface area contributed by atoms with Gasteiger partial charge in [-0.3, -0.25) is 9.80 Å². The first-order valence-electron chi connectivity index (χ1n) is 8.65. The van der Waals surface area contributed by atoms with Crippen molar-refractivity contribution < 1.29 is 13.9 Å². The molecule has 0 spiro atoms. The van der Waals surface area contributed by atoms with Crippen molar-refractivity contribution in [1.29, 1.82) is 0 Å². The minimum absolute atomic E-state index is 0.287. The molecule has 5 nitrogen and oxygen atoms in total. The average molecular weight is 361 g/mol. The second kappa shape index (κ2) is 7.17. The van der Waals surface area contributed by atoms with Gasteiger partial charge in [0.15, 0.2) is 5.17 Å². The van der Waals surface area contributed by atoms with Gasteiger partial charge < -0.3 is 4.74 Å². The number of nitrogens with one attached hydrogen (secondary N) is 1. The smallest absolute Gasteiger partial charge is 0.286 e. The molecule has 25 heavy (non-hydrogen) atoms. The quantitative estimate of drug-likeness (QED) is 0.835. The van der Waals surface area contributed by atoms with Crippen LogP contribution in [0.2, 0.25) is 0 Å². The van der Waals surface area contributed by atoms with Crippen LogP contribution in [0.25, 0.3) is 6.08 Å². The summed E-state index contributed by atoms with van der Waals surface area (Å²) < 4.78 is 19.5. The van der Waals surface area contributed by atoms with Crippen LogP contribution >= 0.6 is 11.8 Å².